The molecule has 0 aliphatic heterocycles. The van der Waals surface area contributed by atoms with Crippen molar-refractivity contribution in [1.82, 2.24) is 0 Å². The van der Waals surface area contributed by atoms with E-state index in [2.05, 4.69) is 11.7 Å². The van der Waals surface area contributed by atoms with Gasteiger partial charge in [0.05, 0.1) is 7.11 Å². The summed E-state index contributed by atoms with van der Waals surface area (Å²) in [7, 11) is 1.29. The van der Waals surface area contributed by atoms with Gasteiger partial charge in [-0.05, 0) is 12.8 Å². The van der Waals surface area contributed by atoms with E-state index in [4.69, 9.17) is 23.2 Å². The Hall–Kier alpha value is 0.0500. The second-order valence-electron chi connectivity index (χ2n) is 3.36. The van der Waals surface area contributed by atoms with Gasteiger partial charge in [-0.25, -0.2) is 4.79 Å². The number of carbonyl (C=O) groups excluding carboxylic acids is 1. The molecule has 0 atom stereocenters. The maximum atomic E-state index is 11.1. The highest BCUT2D eigenvalue weighted by atomic mass is 35.5. The van der Waals surface area contributed by atoms with Crippen LogP contribution in [0.3, 0.4) is 0 Å². The highest BCUT2D eigenvalue weighted by Crippen LogP contribution is 2.29. The molecule has 0 radical (unpaired) electrons. The average molecular weight is 241 g/mol. The lowest BCUT2D eigenvalue weighted by Crippen LogP contribution is -2.27. The Balaban J connectivity index is 3.60. The Labute approximate surface area is 95.9 Å². The molecule has 0 fully saturated rings. The van der Waals surface area contributed by atoms with Crippen LogP contribution in [-0.2, 0) is 9.53 Å². The van der Waals surface area contributed by atoms with Gasteiger partial charge in [-0.1, -0.05) is 55.8 Å². The molecule has 0 saturated heterocycles. The summed E-state index contributed by atoms with van der Waals surface area (Å²) >= 11 is 11.6. The molecular weight excluding hydrogens is 223 g/mol. The maximum Gasteiger partial charge on any atom is 0.342 e. The molecule has 0 aromatic carbocycles. The first-order valence-electron chi connectivity index (χ1n) is 5.01. The fourth-order valence-electron chi connectivity index (χ4n) is 1.20. The van der Waals surface area contributed by atoms with E-state index in [-0.39, 0.29) is 0 Å². The van der Waals surface area contributed by atoms with Gasteiger partial charge in [0, 0.05) is 0 Å². The SMILES string of the molecule is CCCCCCCC(Cl)(Cl)C(=O)OC. The van der Waals surface area contributed by atoms with Gasteiger partial charge in [-0.2, -0.15) is 0 Å². The first kappa shape index (κ1) is 14.1. The number of alkyl halides is 2. The Morgan fingerprint density at radius 1 is 1.21 bits per heavy atom. The number of halogens is 2. The standard InChI is InChI=1S/C10H18Cl2O2/c1-3-4-5-6-7-8-10(11,12)9(13)14-2/h3-8H2,1-2H3. The van der Waals surface area contributed by atoms with Crippen LogP contribution in [0.4, 0.5) is 0 Å². The highest BCUT2D eigenvalue weighted by molar-refractivity contribution is 6.57. The predicted octanol–water partition coefficient (Wildman–Crippen LogP) is 3.69. The molecule has 0 heterocycles. The summed E-state index contributed by atoms with van der Waals surface area (Å²) in [5.41, 5.74) is 0. The van der Waals surface area contributed by atoms with Crippen LogP contribution in [0.15, 0.2) is 0 Å². The van der Waals surface area contributed by atoms with Crippen LogP contribution >= 0.6 is 23.2 Å². The monoisotopic (exact) mass is 240 g/mol. The number of rotatable bonds is 7. The van der Waals surface area contributed by atoms with Gasteiger partial charge in [0.1, 0.15) is 0 Å². The van der Waals surface area contributed by atoms with Crippen LogP contribution in [-0.4, -0.2) is 17.4 Å². The normalized spacial score (nSPS) is 11.4. The molecule has 0 saturated carbocycles. The fourth-order valence-corrected chi connectivity index (χ4v) is 1.62. The summed E-state index contributed by atoms with van der Waals surface area (Å²) in [5, 5.41) is 0. The van der Waals surface area contributed by atoms with E-state index >= 15 is 0 Å². The molecule has 2 nitrogen and oxygen atoms in total. The topological polar surface area (TPSA) is 26.3 Å². The second kappa shape index (κ2) is 7.36. The third kappa shape index (κ3) is 5.71. The molecule has 14 heavy (non-hydrogen) atoms. The second-order valence-corrected chi connectivity index (χ2v) is 4.84. The molecule has 0 aromatic heterocycles. The van der Waals surface area contributed by atoms with Gasteiger partial charge in [0.25, 0.3) is 0 Å². The van der Waals surface area contributed by atoms with E-state index in [1.165, 1.54) is 26.4 Å². The third-order valence-corrected chi connectivity index (χ3v) is 2.76. The van der Waals surface area contributed by atoms with Crippen LogP contribution in [0.25, 0.3) is 0 Å². The molecule has 0 amide bonds. The van der Waals surface area contributed by atoms with E-state index in [1.54, 1.807) is 0 Å². The van der Waals surface area contributed by atoms with Crippen LogP contribution in [0.2, 0.25) is 0 Å². The zero-order valence-electron chi connectivity index (χ0n) is 8.82. The number of hydrogen-bond acceptors (Lipinski definition) is 2. The Morgan fingerprint density at radius 3 is 2.29 bits per heavy atom. The molecule has 4 heteroatoms. The largest absolute Gasteiger partial charge is 0.467 e. The van der Waals surface area contributed by atoms with Crippen molar-refractivity contribution in [3.05, 3.63) is 0 Å². The van der Waals surface area contributed by atoms with Crippen LogP contribution in [0, 0.1) is 0 Å². The van der Waals surface area contributed by atoms with Crippen molar-refractivity contribution in [2.45, 2.75) is 49.8 Å². The molecule has 0 aliphatic rings. The van der Waals surface area contributed by atoms with Gasteiger partial charge in [-0.3, -0.25) is 0 Å². The molecule has 0 N–H and O–H groups in total. The van der Waals surface area contributed by atoms with Gasteiger partial charge < -0.3 is 4.74 Å². The van der Waals surface area contributed by atoms with Crippen molar-refractivity contribution in [2.75, 3.05) is 7.11 Å². The van der Waals surface area contributed by atoms with Crippen molar-refractivity contribution >= 4 is 29.2 Å². The van der Waals surface area contributed by atoms with E-state index in [0.29, 0.717) is 6.42 Å². The first-order chi connectivity index (χ1) is 6.54. The molecule has 0 bridgehead atoms. The lowest BCUT2D eigenvalue weighted by Gasteiger charge is -2.15. The minimum absolute atomic E-state index is 0.465. The number of ether oxygens (including phenoxy) is 1. The van der Waals surface area contributed by atoms with Gasteiger partial charge in [0.2, 0.25) is 4.33 Å². The van der Waals surface area contributed by atoms with Crippen molar-refractivity contribution in [3.8, 4) is 0 Å². The van der Waals surface area contributed by atoms with E-state index < -0.39 is 10.3 Å². The summed E-state index contributed by atoms with van der Waals surface area (Å²) in [6.07, 6.45) is 5.97. The number of unbranched alkanes of at least 4 members (excludes halogenated alkanes) is 4. The lowest BCUT2D eigenvalue weighted by atomic mass is 10.1. The summed E-state index contributed by atoms with van der Waals surface area (Å²) in [6.45, 7) is 2.15. The molecule has 0 aliphatic carbocycles. The number of methoxy groups -OCH3 is 1. The summed E-state index contributed by atoms with van der Waals surface area (Å²) in [6, 6.07) is 0. The fraction of sp³-hybridized carbons (Fsp3) is 0.900. The van der Waals surface area contributed by atoms with Crippen molar-refractivity contribution < 1.29 is 9.53 Å². The highest BCUT2D eigenvalue weighted by Gasteiger charge is 2.33. The van der Waals surface area contributed by atoms with E-state index in [0.717, 1.165) is 12.8 Å². The quantitative estimate of drug-likeness (QED) is 0.386. The minimum Gasteiger partial charge on any atom is -0.467 e. The lowest BCUT2D eigenvalue weighted by molar-refractivity contribution is -0.141. The number of carbonyl (C=O) groups is 1. The first-order valence-corrected chi connectivity index (χ1v) is 5.76. The number of esters is 1. The Kier molecular flexibility index (Phi) is 7.38. The molecule has 0 aromatic rings. The number of hydrogen-bond donors (Lipinski definition) is 0. The third-order valence-electron chi connectivity index (χ3n) is 2.08. The van der Waals surface area contributed by atoms with Gasteiger partial charge >= 0.3 is 5.97 Å². The molecular formula is C10H18Cl2O2. The molecule has 0 rings (SSSR count). The van der Waals surface area contributed by atoms with Crippen molar-refractivity contribution in [2.24, 2.45) is 0 Å². The summed E-state index contributed by atoms with van der Waals surface area (Å²) in [4.78, 5) is 11.1. The zero-order valence-corrected chi connectivity index (χ0v) is 10.3. The summed E-state index contributed by atoms with van der Waals surface area (Å²) < 4.78 is 3.13. The minimum atomic E-state index is -1.36. The zero-order chi connectivity index (χ0) is 11.0. The molecule has 0 spiro atoms. The predicted molar refractivity (Wildman–Crippen MR) is 59.8 cm³/mol. The van der Waals surface area contributed by atoms with Crippen LogP contribution in [0.5, 0.6) is 0 Å². The Morgan fingerprint density at radius 2 is 1.79 bits per heavy atom. The van der Waals surface area contributed by atoms with Crippen molar-refractivity contribution in [1.29, 1.82) is 0 Å². The van der Waals surface area contributed by atoms with Crippen LogP contribution < -0.4 is 0 Å². The molecule has 84 valence electrons. The Bertz CT molecular complexity index is 170. The molecule has 0 unspecified atom stereocenters. The van der Waals surface area contributed by atoms with Gasteiger partial charge in [-0.15, -0.1) is 0 Å². The van der Waals surface area contributed by atoms with E-state index in [9.17, 15) is 4.79 Å². The smallest absolute Gasteiger partial charge is 0.342 e. The average Bonchev–Trinajstić information content (AvgIpc) is 2.16. The van der Waals surface area contributed by atoms with Crippen LogP contribution in [0.1, 0.15) is 45.4 Å². The van der Waals surface area contributed by atoms with Gasteiger partial charge in [0.15, 0.2) is 0 Å². The van der Waals surface area contributed by atoms with Crippen molar-refractivity contribution in [3.63, 3.8) is 0 Å². The van der Waals surface area contributed by atoms with E-state index in [1.807, 2.05) is 0 Å². The maximum absolute atomic E-state index is 11.1. The summed E-state index contributed by atoms with van der Waals surface area (Å²) in [5.74, 6) is -0.559.